The largest absolute Gasteiger partial charge is 0.352 e. The molecule has 5 rings (SSSR count). The van der Waals surface area contributed by atoms with Crippen molar-refractivity contribution in [2.45, 2.75) is 19.0 Å². The highest BCUT2D eigenvalue weighted by molar-refractivity contribution is 7.80. The first kappa shape index (κ1) is 21.9. The lowest BCUT2D eigenvalue weighted by Gasteiger charge is -2.28. The molecule has 2 aromatic heterocycles. The summed E-state index contributed by atoms with van der Waals surface area (Å²) in [5.41, 5.74) is 4.91. The monoisotopic (exact) mass is 467 g/mol. The highest BCUT2D eigenvalue weighted by Crippen LogP contribution is 2.39. The van der Waals surface area contributed by atoms with Crippen LogP contribution in [0.25, 0.3) is 5.69 Å². The zero-order chi connectivity index (χ0) is 23.5. The van der Waals surface area contributed by atoms with E-state index in [-0.39, 0.29) is 24.5 Å². The maximum atomic E-state index is 13.0. The number of nitrogens with one attached hydrogen (secondary N) is 2. The fourth-order valence-electron chi connectivity index (χ4n) is 4.35. The first-order valence-corrected chi connectivity index (χ1v) is 11.6. The van der Waals surface area contributed by atoms with Crippen molar-refractivity contribution in [3.8, 4) is 5.69 Å². The van der Waals surface area contributed by atoms with Crippen LogP contribution in [0.5, 0.6) is 0 Å². The first-order valence-electron chi connectivity index (χ1n) is 11.2. The number of pyridine rings is 1. The van der Waals surface area contributed by atoms with Gasteiger partial charge < -0.3 is 20.1 Å². The summed E-state index contributed by atoms with van der Waals surface area (Å²) in [6, 6.07) is 27.4. The third-order valence-electron chi connectivity index (χ3n) is 5.96. The molecule has 2 atom stereocenters. The Kier molecular flexibility index (Phi) is 6.10. The van der Waals surface area contributed by atoms with Crippen LogP contribution in [0, 0.1) is 6.92 Å². The molecule has 0 bridgehead atoms. The molecule has 2 N–H and O–H groups in total. The number of carbonyl (C=O) groups excluding carboxylic acids is 1. The van der Waals surface area contributed by atoms with Crippen LogP contribution in [0.15, 0.2) is 97.3 Å². The smallest absolute Gasteiger partial charge is 0.244 e. The second kappa shape index (κ2) is 9.49. The van der Waals surface area contributed by atoms with Gasteiger partial charge in [-0.1, -0.05) is 42.0 Å². The number of anilines is 1. The van der Waals surface area contributed by atoms with Crippen LogP contribution in [-0.2, 0) is 4.79 Å². The standard InChI is InChI=1S/C27H25N5OS/c1-19-12-14-21(15-13-19)31-17-7-11-23(31)26-25(22-10-5-6-16-28-22)30-27(34)32(26)18-24(33)29-20-8-3-2-4-9-20/h2-17,25-26H,18H2,1H3,(H,29,33)(H,30,34)/t25-,26+/m1/s1. The van der Waals surface area contributed by atoms with Gasteiger partial charge in [0.2, 0.25) is 5.91 Å². The van der Waals surface area contributed by atoms with Gasteiger partial charge in [0.15, 0.2) is 5.11 Å². The van der Waals surface area contributed by atoms with Crippen LogP contribution in [0.2, 0.25) is 0 Å². The van der Waals surface area contributed by atoms with Crippen molar-refractivity contribution in [1.29, 1.82) is 0 Å². The summed E-state index contributed by atoms with van der Waals surface area (Å²) < 4.78 is 2.15. The quantitative estimate of drug-likeness (QED) is 0.399. The van der Waals surface area contributed by atoms with Crippen molar-refractivity contribution in [2.24, 2.45) is 0 Å². The molecule has 4 aromatic rings. The number of hydrogen-bond donors (Lipinski definition) is 2. The van der Waals surface area contributed by atoms with E-state index in [4.69, 9.17) is 12.2 Å². The molecule has 0 radical (unpaired) electrons. The summed E-state index contributed by atoms with van der Waals surface area (Å²) >= 11 is 5.73. The molecular formula is C27H25N5OS. The molecule has 6 nitrogen and oxygen atoms in total. The minimum absolute atomic E-state index is 0.119. The van der Waals surface area contributed by atoms with Gasteiger partial charge in [-0.25, -0.2) is 0 Å². The third kappa shape index (κ3) is 4.43. The fraction of sp³-hybridized carbons (Fsp3) is 0.148. The molecule has 0 spiro atoms. The Morgan fingerprint density at radius 2 is 1.76 bits per heavy atom. The van der Waals surface area contributed by atoms with Gasteiger partial charge in [0.05, 0.1) is 17.8 Å². The topological polar surface area (TPSA) is 62.2 Å². The Labute approximate surface area is 204 Å². The average Bonchev–Trinajstić information content (AvgIpc) is 3.45. The summed E-state index contributed by atoms with van der Waals surface area (Å²) in [5, 5.41) is 6.92. The zero-order valence-electron chi connectivity index (χ0n) is 18.8. The van der Waals surface area contributed by atoms with Gasteiger partial charge >= 0.3 is 0 Å². The van der Waals surface area contributed by atoms with E-state index >= 15 is 0 Å². The van der Waals surface area contributed by atoms with E-state index in [2.05, 4.69) is 57.4 Å². The zero-order valence-corrected chi connectivity index (χ0v) is 19.6. The van der Waals surface area contributed by atoms with Crippen molar-refractivity contribution >= 4 is 28.9 Å². The number of carbonyl (C=O) groups is 1. The Morgan fingerprint density at radius 3 is 2.50 bits per heavy atom. The fourth-order valence-corrected chi connectivity index (χ4v) is 4.65. The van der Waals surface area contributed by atoms with E-state index in [1.165, 1.54) is 5.56 Å². The number of benzene rings is 2. The molecule has 0 unspecified atom stereocenters. The average molecular weight is 468 g/mol. The summed E-state index contributed by atoms with van der Waals surface area (Å²) in [5.74, 6) is -0.129. The summed E-state index contributed by atoms with van der Waals surface area (Å²) in [6.45, 7) is 2.19. The van der Waals surface area contributed by atoms with E-state index in [1.807, 2.05) is 65.7 Å². The second-order valence-corrected chi connectivity index (χ2v) is 8.69. The number of rotatable bonds is 6. The number of aryl methyl sites for hydroxylation is 1. The molecule has 7 heteroatoms. The molecule has 2 aromatic carbocycles. The summed E-state index contributed by atoms with van der Waals surface area (Å²) in [7, 11) is 0. The van der Waals surface area contributed by atoms with E-state index in [9.17, 15) is 4.79 Å². The van der Waals surface area contributed by atoms with Crippen molar-refractivity contribution in [3.63, 3.8) is 0 Å². The van der Waals surface area contributed by atoms with Crippen molar-refractivity contribution in [3.05, 3.63) is 114 Å². The van der Waals surface area contributed by atoms with Crippen molar-refractivity contribution in [2.75, 3.05) is 11.9 Å². The maximum Gasteiger partial charge on any atom is 0.244 e. The van der Waals surface area contributed by atoms with Crippen molar-refractivity contribution in [1.82, 2.24) is 19.8 Å². The van der Waals surface area contributed by atoms with Gasteiger partial charge in [-0.05, 0) is 67.7 Å². The molecule has 0 aliphatic carbocycles. The van der Waals surface area contributed by atoms with Crippen LogP contribution in [0.1, 0.15) is 29.0 Å². The Balaban J connectivity index is 1.51. The predicted molar refractivity (Wildman–Crippen MR) is 138 cm³/mol. The number of para-hydroxylation sites is 1. The van der Waals surface area contributed by atoms with E-state index in [0.717, 1.165) is 22.8 Å². The van der Waals surface area contributed by atoms with Crippen LogP contribution in [-0.4, -0.2) is 32.0 Å². The normalized spacial score (nSPS) is 17.4. The first-order chi connectivity index (χ1) is 16.6. The van der Waals surface area contributed by atoms with Gasteiger partial charge in [-0.2, -0.15) is 0 Å². The molecule has 1 fully saturated rings. The summed E-state index contributed by atoms with van der Waals surface area (Å²) in [4.78, 5) is 19.5. The number of nitrogens with zero attached hydrogens (tertiary/aromatic N) is 3. The Morgan fingerprint density at radius 1 is 1.00 bits per heavy atom. The molecule has 1 aliphatic heterocycles. The van der Waals surface area contributed by atoms with Crippen LogP contribution >= 0.6 is 12.2 Å². The van der Waals surface area contributed by atoms with Gasteiger partial charge in [0.1, 0.15) is 6.54 Å². The lowest BCUT2D eigenvalue weighted by Crippen LogP contribution is -2.37. The van der Waals surface area contributed by atoms with Gasteiger partial charge in [-0.3, -0.25) is 9.78 Å². The number of aromatic nitrogens is 2. The van der Waals surface area contributed by atoms with Crippen LogP contribution in [0.3, 0.4) is 0 Å². The number of thiocarbonyl (C=S) groups is 1. The lowest BCUT2D eigenvalue weighted by atomic mass is 10.0. The molecule has 3 heterocycles. The second-order valence-electron chi connectivity index (χ2n) is 8.31. The Bertz CT molecular complexity index is 1290. The molecule has 1 saturated heterocycles. The SMILES string of the molecule is Cc1ccc(-n2cccc2[C@H]2[C@@H](c3ccccn3)NC(=S)N2CC(=O)Nc2ccccc2)cc1. The molecule has 34 heavy (non-hydrogen) atoms. The highest BCUT2D eigenvalue weighted by atomic mass is 32.1. The van der Waals surface area contributed by atoms with Crippen LogP contribution < -0.4 is 10.6 Å². The maximum absolute atomic E-state index is 13.0. The minimum atomic E-state index is -0.222. The number of amides is 1. The lowest BCUT2D eigenvalue weighted by molar-refractivity contribution is -0.116. The molecule has 170 valence electrons. The van der Waals surface area contributed by atoms with Gasteiger partial charge in [0.25, 0.3) is 0 Å². The Hall–Kier alpha value is -3.97. The van der Waals surface area contributed by atoms with E-state index in [1.54, 1.807) is 6.20 Å². The molecule has 1 amide bonds. The highest BCUT2D eigenvalue weighted by Gasteiger charge is 2.42. The van der Waals surface area contributed by atoms with Gasteiger partial charge in [-0.15, -0.1) is 0 Å². The van der Waals surface area contributed by atoms with Crippen LogP contribution in [0.4, 0.5) is 5.69 Å². The van der Waals surface area contributed by atoms with E-state index < -0.39 is 0 Å². The summed E-state index contributed by atoms with van der Waals surface area (Å²) in [6.07, 6.45) is 3.82. The molecule has 1 aliphatic rings. The molecular weight excluding hydrogens is 442 g/mol. The number of hydrogen-bond acceptors (Lipinski definition) is 3. The van der Waals surface area contributed by atoms with Gasteiger partial charge in [0, 0.05) is 29.5 Å². The third-order valence-corrected chi connectivity index (χ3v) is 6.32. The minimum Gasteiger partial charge on any atom is -0.352 e. The predicted octanol–water partition coefficient (Wildman–Crippen LogP) is 4.79. The van der Waals surface area contributed by atoms with Crippen molar-refractivity contribution < 1.29 is 4.79 Å². The van der Waals surface area contributed by atoms with E-state index in [0.29, 0.717) is 5.11 Å². The molecule has 0 saturated carbocycles.